The van der Waals surface area contributed by atoms with Gasteiger partial charge >= 0.3 is 0 Å². The third-order valence-corrected chi connectivity index (χ3v) is 4.47. The van der Waals surface area contributed by atoms with Crippen LogP contribution in [0.15, 0.2) is 30.3 Å². The highest BCUT2D eigenvalue weighted by Gasteiger charge is 2.45. The topological polar surface area (TPSA) is 26.0 Å². The molecule has 0 aromatic heterocycles. The summed E-state index contributed by atoms with van der Waals surface area (Å²) in [6, 6.07) is 11.3. The second-order valence-corrected chi connectivity index (χ2v) is 5.26. The van der Waals surface area contributed by atoms with Crippen molar-refractivity contribution in [3.05, 3.63) is 35.9 Å². The molecule has 2 saturated carbocycles. The molecule has 2 aliphatic rings. The average molecular weight is 201 g/mol. The van der Waals surface area contributed by atoms with E-state index in [4.69, 9.17) is 5.73 Å². The van der Waals surface area contributed by atoms with Gasteiger partial charge in [-0.3, -0.25) is 0 Å². The maximum atomic E-state index is 6.31. The third-order valence-electron chi connectivity index (χ3n) is 4.47. The molecule has 4 atom stereocenters. The van der Waals surface area contributed by atoms with Gasteiger partial charge in [-0.15, -0.1) is 0 Å². The highest BCUT2D eigenvalue weighted by atomic mass is 14.7. The summed E-state index contributed by atoms with van der Waals surface area (Å²) in [6.07, 6.45) is 5.41. The number of fused-ring (bicyclic) bond motifs is 2. The van der Waals surface area contributed by atoms with Crippen LogP contribution in [0.1, 0.15) is 24.8 Å². The van der Waals surface area contributed by atoms with Crippen LogP contribution in [0.5, 0.6) is 0 Å². The zero-order chi connectivity index (χ0) is 10.3. The Morgan fingerprint density at radius 2 is 1.80 bits per heavy atom. The van der Waals surface area contributed by atoms with Gasteiger partial charge in [0, 0.05) is 6.04 Å². The van der Waals surface area contributed by atoms with Gasteiger partial charge < -0.3 is 5.73 Å². The minimum absolute atomic E-state index is 0.476. The molecule has 2 bridgehead atoms. The van der Waals surface area contributed by atoms with E-state index in [2.05, 4.69) is 30.3 Å². The average Bonchev–Trinajstić information content (AvgIpc) is 2.84. The Morgan fingerprint density at radius 1 is 1.07 bits per heavy atom. The Hall–Kier alpha value is -0.820. The van der Waals surface area contributed by atoms with Crippen molar-refractivity contribution in [2.75, 3.05) is 0 Å². The molecule has 2 N–H and O–H groups in total. The summed E-state index contributed by atoms with van der Waals surface area (Å²) in [5.74, 6) is 2.51. The van der Waals surface area contributed by atoms with E-state index >= 15 is 0 Å². The van der Waals surface area contributed by atoms with Gasteiger partial charge in [-0.05, 0) is 49.0 Å². The normalized spacial score (nSPS) is 38.5. The van der Waals surface area contributed by atoms with E-state index in [0.717, 1.165) is 17.8 Å². The molecule has 15 heavy (non-hydrogen) atoms. The Bertz CT molecular complexity index is 330. The quantitative estimate of drug-likeness (QED) is 0.782. The second kappa shape index (κ2) is 3.64. The summed E-state index contributed by atoms with van der Waals surface area (Å²) in [6.45, 7) is 0. The van der Waals surface area contributed by atoms with Gasteiger partial charge in [-0.25, -0.2) is 0 Å². The van der Waals surface area contributed by atoms with Gasteiger partial charge in [0.2, 0.25) is 0 Å². The van der Waals surface area contributed by atoms with Crippen LogP contribution >= 0.6 is 0 Å². The van der Waals surface area contributed by atoms with E-state index in [1.807, 2.05) is 0 Å². The van der Waals surface area contributed by atoms with Crippen LogP contribution in [0, 0.1) is 17.8 Å². The molecule has 1 nitrogen and oxygen atoms in total. The summed E-state index contributed by atoms with van der Waals surface area (Å²) >= 11 is 0. The van der Waals surface area contributed by atoms with E-state index < -0.39 is 0 Å². The van der Waals surface area contributed by atoms with Crippen molar-refractivity contribution in [2.45, 2.75) is 31.7 Å². The molecule has 1 heteroatoms. The largest absolute Gasteiger partial charge is 0.327 e. The molecule has 0 spiro atoms. The first-order chi connectivity index (χ1) is 7.34. The molecule has 0 heterocycles. The predicted octanol–water partition coefficient (Wildman–Crippen LogP) is 2.60. The number of nitrogens with two attached hydrogens (primary N) is 1. The number of hydrogen-bond acceptors (Lipinski definition) is 1. The molecule has 2 aliphatic carbocycles. The minimum atomic E-state index is 0.476. The molecule has 0 saturated heterocycles. The molecule has 1 aromatic rings. The van der Waals surface area contributed by atoms with E-state index in [0.29, 0.717) is 6.04 Å². The van der Waals surface area contributed by atoms with Gasteiger partial charge in [0.15, 0.2) is 0 Å². The van der Waals surface area contributed by atoms with Gasteiger partial charge in [0.05, 0.1) is 0 Å². The first-order valence-electron chi connectivity index (χ1n) is 6.14. The van der Waals surface area contributed by atoms with Crippen molar-refractivity contribution >= 4 is 0 Å². The van der Waals surface area contributed by atoms with Gasteiger partial charge in [-0.1, -0.05) is 30.3 Å². The van der Waals surface area contributed by atoms with Crippen molar-refractivity contribution in [3.63, 3.8) is 0 Å². The molecular weight excluding hydrogens is 182 g/mol. The first kappa shape index (κ1) is 9.41. The second-order valence-electron chi connectivity index (χ2n) is 5.26. The number of hydrogen-bond donors (Lipinski definition) is 1. The summed E-state index contributed by atoms with van der Waals surface area (Å²) in [5, 5.41) is 0. The van der Waals surface area contributed by atoms with E-state index in [9.17, 15) is 0 Å². The van der Waals surface area contributed by atoms with Crippen LogP contribution in [0.2, 0.25) is 0 Å². The summed E-state index contributed by atoms with van der Waals surface area (Å²) in [4.78, 5) is 0. The molecule has 1 aromatic carbocycles. The molecule has 2 fully saturated rings. The van der Waals surface area contributed by atoms with Crippen LogP contribution in [0.4, 0.5) is 0 Å². The molecule has 0 aliphatic heterocycles. The lowest BCUT2D eigenvalue weighted by atomic mass is 9.81. The number of rotatable bonds is 2. The van der Waals surface area contributed by atoms with E-state index in [-0.39, 0.29) is 0 Å². The lowest BCUT2D eigenvalue weighted by Crippen LogP contribution is -2.36. The SMILES string of the molecule is NC1C2CCC(C2)C1Cc1ccccc1. The van der Waals surface area contributed by atoms with Crippen LogP contribution in [-0.4, -0.2) is 6.04 Å². The van der Waals surface area contributed by atoms with Crippen molar-refractivity contribution < 1.29 is 0 Å². The van der Waals surface area contributed by atoms with E-state index in [1.54, 1.807) is 0 Å². The zero-order valence-corrected chi connectivity index (χ0v) is 9.10. The summed E-state index contributed by atoms with van der Waals surface area (Å²) in [7, 11) is 0. The summed E-state index contributed by atoms with van der Waals surface area (Å²) < 4.78 is 0. The molecule has 80 valence electrons. The van der Waals surface area contributed by atoms with E-state index in [1.165, 1.54) is 31.2 Å². The minimum Gasteiger partial charge on any atom is -0.327 e. The molecule has 3 rings (SSSR count). The van der Waals surface area contributed by atoms with Gasteiger partial charge in [0.1, 0.15) is 0 Å². The number of benzene rings is 1. The fourth-order valence-electron chi connectivity index (χ4n) is 3.64. The standard InChI is InChI=1S/C14H19N/c15-14-12-7-6-11(9-12)13(14)8-10-4-2-1-3-5-10/h1-5,11-14H,6-9,15H2. The van der Waals surface area contributed by atoms with Crippen molar-refractivity contribution in [3.8, 4) is 0 Å². The Balaban J connectivity index is 1.74. The van der Waals surface area contributed by atoms with Gasteiger partial charge in [-0.2, -0.15) is 0 Å². The third kappa shape index (κ3) is 1.59. The molecule has 0 amide bonds. The van der Waals surface area contributed by atoms with Crippen LogP contribution in [-0.2, 0) is 6.42 Å². The Kier molecular flexibility index (Phi) is 2.28. The summed E-state index contributed by atoms with van der Waals surface area (Å²) in [5.41, 5.74) is 7.78. The lowest BCUT2D eigenvalue weighted by molar-refractivity contribution is 0.287. The molecule has 4 unspecified atom stereocenters. The Morgan fingerprint density at radius 3 is 2.47 bits per heavy atom. The smallest absolute Gasteiger partial charge is 0.0102 e. The van der Waals surface area contributed by atoms with Crippen LogP contribution in [0.3, 0.4) is 0 Å². The van der Waals surface area contributed by atoms with Gasteiger partial charge in [0.25, 0.3) is 0 Å². The maximum Gasteiger partial charge on any atom is 0.0102 e. The lowest BCUT2D eigenvalue weighted by Gasteiger charge is -2.28. The fourth-order valence-corrected chi connectivity index (χ4v) is 3.64. The van der Waals surface area contributed by atoms with Crippen molar-refractivity contribution in [1.82, 2.24) is 0 Å². The van der Waals surface area contributed by atoms with Crippen molar-refractivity contribution in [1.29, 1.82) is 0 Å². The monoisotopic (exact) mass is 201 g/mol. The van der Waals surface area contributed by atoms with Crippen LogP contribution in [0.25, 0.3) is 0 Å². The maximum absolute atomic E-state index is 6.31. The fraction of sp³-hybridized carbons (Fsp3) is 0.571. The van der Waals surface area contributed by atoms with Crippen molar-refractivity contribution in [2.24, 2.45) is 23.5 Å². The molecular formula is C14H19N. The van der Waals surface area contributed by atoms with Crippen LogP contribution < -0.4 is 5.73 Å². The zero-order valence-electron chi connectivity index (χ0n) is 9.10. The first-order valence-corrected chi connectivity index (χ1v) is 6.14. The predicted molar refractivity (Wildman–Crippen MR) is 62.4 cm³/mol. The highest BCUT2D eigenvalue weighted by Crippen LogP contribution is 2.48. The highest BCUT2D eigenvalue weighted by molar-refractivity contribution is 5.17. The Labute approximate surface area is 91.7 Å². The molecule has 0 radical (unpaired) electrons.